The zero-order valence-corrected chi connectivity index (χ0v) is 20.6. The van der Waals surface area contributed by atoms with E-state index in [0.717, 1.165) is 4.90 Å². The summed E-state index contributed by atoms with van der Waals surface area (Å²) in [6.45, 7) is 5.33. The van der Waals surface area contributed by atoms with Gasteiger partial charge in [0.2, 0.25) is 0 Å². The highest BCUT2D eigenvalue weighted by atomic mass is 35.5. The van der Waals surface area contributed by atoms with Crippen LogP contribution in [0.25, 0.3) is 5.65 Å². The fourth-order valence-corrected chi connectivity index (χ4v) is 4.02. The summed E-state index contributed by atoms with van der Waals surface area (Å²) >= 11 is 6.31. The molecule has 3 heterocycles. The van der Waals surface area contributed by atoms with Gasteiger partial charge in [-0.15, -0.1) is 0 Å². The first kappa shape index (κ1) is 25.5. The highest BCUT2D eigenvalue weighted by Crippen LogP contribution is 2.32. The van der Waals surface area contributed by atoms with Crippen LogP contribution in [0.2, 0.25) is 5.02 Å². The van der Waals surface area contributed by atoms with Gasteiger partial charge in [-0.1, -0.05) is 17.7 Å². The van der Waals surface area contributed by atoms with E-state index < -0.39 is 35.8 Å². The number of carbonyl (C=O) groups excluding carboxylic acids is 1. The number of amides is 2. The summed E-state index contributed by atoms with van der Waals surface area (Å²) in [6, 6.07) is 6.20. The topological polar surface area (TPSA) is 133 Å². The Balaban J connectivity index is 1.81. The Morgan fingerprint density at radius 1 is 1.31 bits per heavy atom. The highest BCUT2D eigenvalue weighted by molar-refractivity contribution is 6.33. The molecule has 1 aliphatic heterocycles. The third-order valence-electron chi connectivity index (χ3n) is 5.46. The molecular formula is C23H26ClFN6O5. The molecule has 2 aromatic heterocycles. The normalized spacial score (nSPS) is 18.2. The van der Waals surface area contributed by atoms with Gasteiger partial charge in [-0.2, -0.15) is 9.61 Å². The Morgan fingerprint density at radius 2 is 2.06 bits per heavy atom. The minimum atomic E-state index is -1.10. The van der Waals surface area contributed by atoms with E-state index in [1.54, 1.807) is 20.8 Å². The van der Waals surface area contributed by atoms with E-state index in [0.29, 0.717) is 0 Å². The molecule has 0 spiro atoms. The third-order valence-corrected chi connectivity index (χ3v) is 5.73. The number of nitrogens with zero attached hydrogens (tertiary/aromatic N) is 5. The van der Waals surface area contributed by atoms with Crippen molar-refractivity contribution in [3.8, 4) is 0 Å². The van der Waals surface area contributed by atoms with Crippen LogP contribution in [-0.4, -0.2) is 72.7 Å². The lowest BCUT2D eigenvalue weighted by molar-refractivity contribution is 0.0595. The molecule has 3 aromatic rings. The highest BCUT2D eigenvalue weighted by Gasteiger charge is 2.32. The third kappa shape index (κ3) is 5.44. The SMILES string of the molecule is CC(C)(C)OC(=O)N(c1cccc(F)c1)c1cc(N[C@H]2CN(C(=O)O)CC[C@@H]2O)nc2c(Cl)cnn12. The van der Waals surface area contributed by atoms with Crippen LogP contribution >= 0.6 is 11.6 Å². The number of halogens is 2. The van der Waals surface area contributed by atoms with Crippen LogP contribution in [0.3, 0.4) is 0 Å². The van der Waals surface area contributed by atoms with Gasteiger partial charge in [0.05, 0.1) is 24.0 Å². The second-order valence-electron chi connectivity index (χ2n) is 9.36. The number of aliphatic hydroxyl groups excluding tert-OH is 1. The average molecular weight is 521 g/mol. The smallest absolute Gasteiger partial charge is 0.420 e. The van der Waals surface area contributed by atoms with Gasteiger partial charge in [-0.25, -0.2) is 23.9 Å². The molecule has 2 atom stereocenters. The van der Waals surface area contributed by atoms with E-state index in [2.05, 4.69) is 15.4 Å². The van der Waals surface area contributed by atoms with Crippen molar-refractivity contribution in [2.24, 2.45) is 0 Å². The van der Waals surface area contributed by atoms with Gasteiger partial charge < -0.3 is 25.2 Å². The van der Waals surface area contributed by atoms with Gasteiger partial charge in [0.15, 0.2) is 5.65 Å². The van der Waals surface area contributed by atoms with Gasteiger partial charge in [0.1, 0.15) is 28.1 Å². The number of aliphatic hydroxyl groups is 1. The largest absolute Gasteiger partial charge is 0.465 e. The maximum Gasteiger partial charge on any atom is 0.420 e. The molecule has 1 saturated heterocycles. The number of carbonyl (C=O) groups is 2. The summed E-state index contributed by atoms with van der Waals surface area (Å²) < 4.78 is 21.1. The zero-order valence-electron chi connectivity index (χ0n) is 19.9. The zero-order chi connectivity index (χ0) is 26.2. The second kappa shape index (κ2) is 9.78. The number of hydrogen-bond donors (Lipinski definition) is 3. The standard InChI is InChI=1S/C23H26ClFN6O5/c1-23(2,3)36-22(35)30(14-6-4-5-13(25)9-14)19-10-18(28-20-15(24)11-26-31(19)20)27-16-12-29(21(33)34)8-7-17(16)32/h4-6,9-11,16-17,32H,7-8,12H2,1-3H3,(H,27,28)(H,33,34)/t16-,17-/m0/s1. The molecule has 0 radical (unpaired) electrons. The van der Waals surface area contributed by atoms with Crippen LogP contribution in [-0.2, 0) is 4.74 Å². The fourth-order valence-electron chi connectivity index (χ4n) is 3.85. The molecule has 192 valence electrons. The number of hydrogen-bond acceptors (Lipinski definition) is 7. The first-order valence-corrected chi connectivity index (χ1v) is 11.6. The Hall–Kier alpha value is -3.64. The van der Waals surface area contributed by atoms with E-state index in [1.165, 1.54) is 45.9 Å². The molecule has 0 aliphatic carbocycles. The van der Waals surface area contributed by atoms with Gasteiger partial charge >= 0.3 is 12.2 Å². The summed E-state index contributed by atoms with van der Waals surface area (Å²) in [5.74, 6) is -0.238. The molecule has 1 aromatic carbocycles. The summed E-state index contributed by atoms with van der Waals surface area (Å²) in [7, 11) is 0. The Morgan fingerprint density at radius 3 is 2.72 bits per heavy atom. The number of aromatic nitrogens is 3. The summed E-state index contributed by atoms with van der Waals surface area (Å²) in [4.78, 5) is 31.6. The number of carboxylic acid groups (broad SMARTS) is 1. The summed E-state index contributed by atoms with van der Waals surface area (Å²) in [5.41, 5.74) is -0.504. The molecule has 11 nitrogen and oxygen atoms in total. The van der Waals surface area contributed by atoms with Gasteiger partial charge in [0, 0.05) is 19.2 Å². The average Bonchev–Trinajstić information content (AvgIpc) is 3.15. The lowest BCUT2D eigenvalue weighted by atomic mass is 10.0. The molecule has 1 fully saturated rings. The van der Waals surface area contributed by atoms with E-state index in [9.17, 15) is 24.2 Å². The Labute approximate surface area is 211 Å². The maximum atomic E-state index is 14.2. The predicted octanol–water partition coefficient (Wildman–Crippen LogP) is 4.12. The number of fused-ring (bicyclic) bond motifs is 1. The fraction of sp³-hybridized carbons (Fsp3) is 0.391. The van der Waals surface area contributed by atoms with Crippen molar-refractivity contribution >= 4 is 46.8 Å². The van der Waals surface area contributed by atoms with Crippen LogP contribution < -0.4 is 10.2 Å². The molecular weight excluding hydrogens is 495 g/mol. The van der Waals surface area contributed by atoms with Crippen LogP contribution in [0.4, 0.5) is 31.3 Å². The predicted molar refractivity (Wildman–Crippen MR) is 130 cm³/mol. The summed E-state index contributed by atoms with van der Waals surface area (Å²) in [6.07, 6.45) is -1.16. The molecule has 1 aliphatic rings. The number of piperidine rings is 1. The molecule has 36 heavy (non-hydrogen) atoms. The van der Waals surface area contributed by atoms with Gasteiger partial charge in [-0.05, 0) is 45.4 Å². The van der Waals surface area contributed by atoms with Crippen LogP contribution in [0, 0.1) is 5.82 Å². The van der Waals surface area contributed by atoms with Crippen molar-refractivity contribution in [3.05, 3.63) is 47.4 Å². The second-order valence-corrected chi connectivity index (χ2v) is 9.77. The van der Waals surface area contributed by atoms with Gasteiger partial charge in [-0.3, -0.25) is 0 Å². The molecule has 2 amide bonds. The molecule has 13 heteroatoms. The Bertz CT molecular complexity index is 1300. The Kier molecular flexibility index (Phi) is 6.92. The van der Waals surface area contributed by atoms with E-state index in [4.69, 9.17) is 16.3 Å². The van der Waals surface area contributed by atoms with Crippen molar-refractivity contribution in [2.45, 2.75) is 44.9 Å². The van der Waals surface area contributed by atoms with E-state index in [1.807, 2.05) is 0 Å². The van der Waals surface area contributed by atoms with Gasteiger partial charge in [0.25, 0.3) is 0 Å². The monoisotopic (exact) mass is 520 g/mol. The van der Waals surface area contributed by atoms with Crippen LogP contribution in [0.5, 0.6) is 0 Å². The maximum absolute atomic E-state index is 14.2. The molecule has 0 bridgehead atoms. The van der Waals surface area contributed by atoms with Crippen molar-refractivity contribution in [1.82, 2.24) is 19.5 Å². The molecule has 0 saturated carbocycles. The lowest BCUT2D eigenvalue weighted by Gasteiger charge is -2.35. The number of rotatable bonds is 4. The quantitative estimate of drug-likeness (QED) is 0.468. The number of benzene rings is 1. The molecule has 0 unspecified atom stereocenters. The minimum absolute atomic E-state index is 0.0192. The number of anilines is 3. The van der Waals surface area contributed by atoms with Crippen LogP contribution in [0.15, 0.2) is 36.5 Å². The van der Waals surface area contributed by atoms with Crippen molar-refractivity contribution in [3.63, 3.8) is 0 Å². The van der Waals surface area contributed by atoms with E-state index >= 15 is 0 Å². The molecule has 4 rings (SSSR count). The van der Waals surface area contributed by atoms with Crippen molar-refractivity contribution in [1.29, 1.82) is 0 Å². The summed E-state index contributed by atoms with van der Waals surface area (Å²) in [5, 5.41) is 27.3. The number of nitrogens with one attached hydrogen (secondary N) is 1. The first-order valence-electron chi connectivity index (χ1n) is 11.2. The van der Waals surface area contributed by atoms with Crippen molar-refractivity contribution in [2.75, 3.05) is 23.3 Å². The number of likely N-dealkylation sites (tertiary alicyclic amines) is 1. The van der Waals surface area contributed by atoms with Crippen molar-refractivity contribution < 1.29 is 28.9 Å². The lowest BCUT2D eigenvalue weighted by Crippen LogP contribution is -2.52. The minimum Gasteiger partial charge on any atom is -0.465 e. The van der Waals surface area contributed by atoms with Crippen LogP contribution in [0.1, 0.15) is 27.2 Å². The van der Waals surface area contributed by atoms with E-state index in [-0.39, 0.29) is 47.5 Å². The first-order chi connectivity index (χ1) is 16.9. The molecule has 3 N–H and O–H groups in total. The number of ether oxygens (including phenoxy) is 1.